The molecule has 0 unspecified atom stereocenters. The highest BCUT2D eigenvalue weighted by Crippen LogP contribution is 2.30. The van der Waals surface area contributed by atoms with E-state index in [1.54, 1.807) is 12.1 Å². The van der Waals surface area contributed by atoms with Crippen molar-refractivity contribution in [3.8, 4) is 0 Å². The van der Waals surface area contributed by atoms with Crippen LogP contribution in [0.2, 0.25) is 5.02 Å². The molecule has 0 spiro atoms. The fraction of sp³-hybridized carbons (Fsp3) is 0.500. The average molecular weight is 230 g/mol. The third-order valence-electron chi connectivity index (χ3n) is 2.66. The van der Waals surface area contributed by atoms with Crippen LogP contribution in [0.1, 0.15) is 25.8 Å². The first-order valence-electron chi connectivity index (χ1n) is 5.07. The van der Waals surface area contributed by atoms with Crippen LogP contribution < -0.4 is 5.32 Å². The van der Waals surface area contributed by atoms with Gasteiger partial charge in [0.1, 0.15) is 5.82 Å². The van der Waals surface area contributed by atoms with E-state index in [-0.39, 0.29) is 11.2 Å². The predicted octanol–water partition coefficient (Wildman–Crippen LogP) is 3.37. The van der Waals surface area contributed by atoms with Gasteiger partial charge in [-0.1, -0.05) is 31.5 Å². The van der Waals surface area contributed by atoms with Crippen molar-refractivity contribution >= 4 is 11.6 Å². The minimum absolute atomic E-state index is 0.169. The maximum Gasteiger partial charge on any atom is 0.128 e. The highest BCUT2D eigenvalue weighted by atomic mass is 35.5. The van der Waals surface area contributed by atoms with Crippen molar-refractivity contribution in [1.29, 1.82) is 0 Å². The Labute approximate surface area is 95.6 Å². The summed E-state index contributed by atoms with van der Waals surface area (Å²) in [5.41, 5.74) is 0.555. The maximum absolute atomic E-state index is 13.7. The third kappa shape index (κ3) is 3.18. The molecule has 0 saturated heterocycles. The zero-order valence-electron chi connectivity index (χ0n) is 9.40. The third-order valence-corrected chi connectivity index (χ3v) is 2.90. The molecule has 3 heteroatoms. The highest BCUT2D eigenvalue weighted by Gasteiger charge is 2.23. The number of hydrogen-bond donors (Lipinski definition) is 1. The van der Waals surface area contributed by atoms with Crippen molar-refractivity contribution in [1.82, 2.24) is 5.32 Å². The molecular formula is C12H17ClFN. The van der Waals surface area contributed by atoms with Crippen molar-refractivity contribution in [3.05, 3.63) is 34.6 Å². The van der Waals surface area contributed by atoms with Crippen LogP contribution in [-0.2, 0) is 5.41 Å². The molecule has 1 aromatic carbocycles. The van der Waals surface area contributed by atoms with Gasteiger partial charge in [0.25, 0.3) is 0 Å². The van der Waals surface area contributed by atoms with E-state index in [0.29, 0.717) is 5.02 Å². The van der Waals surface area contributed by atoms with Gasteiger partial charge in [-0.3, -0.25) is 0 Å². The molecular weight excluding hydrogens is 213 g/mol. The molecule has 0 aliphatic heterocycles. The van der Waals surface area contributed by atoms with Crippen molar-refractivity contribution in [2.24, 2.45) is 0 Å². The smallest absolute Gasteiger partial charge is 0.128 e. The van der Waals surface area contributed by atoms with Crippen molar-refractivity contribution in [2.45, 2.75) is 25.7 Å². The van der Waals surface area contributed by atoms with E-state index in [0.717, 1.165) is 18.5 Å². The van der Waals surface area contributed by atoms with E-state index < -0.39 is 0 Å². The van der Waals surface area contributed by atoms with Gasteiger partial charge in [-0.25, -0.2) is 4.39 Å². The molecule has 0 saturated carbocycles. The molecule has 0 aliphatic rings. The summed E-state index contributed by atoms with van der Waals surface area (Å²) >= 11 is 5.72. The molecule has 0 aliphatic carbocycles. The Bertz CT molecular complexity index is 336. The topological polar surface area (TPSA) is 12.0 Å². The Kier molecular flexibility index (Phi) is 4.12. The van der Waals surface area contributed by atoms with E-state index in [4.69, 9.17) is 11.6 Å². The lowest BCUT2D eigenvalue weighted by Crippen LogP contribution is -2.24. The summed E-state index contributed by atoms with van der Waals surface area (Å²) in [6, 6.07) is 4.88. The number of rotatable bonds is 4. The quantitative estimate of drug-likeness (QED) is 0.835. The van der Waals surface area contributed by atoms with Crippen LogP contribution in [0.15, 0.2) is 18.2 Å². The van der Waals surface area contributed by atoms with Gasteiger partial charge < -0.3 is 5.32 Å². The Balaban J connectivity index is 2.93. The van der Waals surface area contributed by atoms with Gasteiger partial charge in [-0.2, -0.15) is 0 Å². The molecule has 15 heavy (non-hydrogen) atoms. The van der Waals surface area contributed by atoms with Crippen LogP contribution in [0, 0.1) is 5.82 Å². The number of nitrogens with one attached hydrogen (secondary N) is 1. The Hall–Kier alpha value is -0.600. The summed E-state index contributed by atoms with van der Waals surface area (Å²) in [4.78, 5) is 0. The van der Waals surface area contributed by atoms with Crippen molar-refractivity contribution < 1.29 is 4.39 Å². The van der Waals surface area contributed by atoms with Gasteiger partial charge in [0.05, 0.1) is 0 Å². The van der Waals surface area contributed by atoms with Crippen LogP contribution in [0.25, 0.3) is 0 Å². The molecule has 0 aromatic heterocycles. The fourth-order valence-corrected chi connectivity index (χ4v) is 1.77. The predicted molar refractivity (Wildman–Crippen MR) is 63.0 cm³/mol. The molecule has 0 bridgehead atoms. The summed E-state index contributed by atoms with van der Waals surface area (Å²) < 4.78 is 13.7. The van der Waals surface area contributed by atoms with Crippen LogP contribution in [0.5, 0.6) is 0 Å². The highest BCUT2D eigenvalue weighted by molar-refractivity contribution is 6.30. The molecule has 0 radical (unpaired) electrons. The molecule has 0 atom stereocenters. The number of hydrogen-bond acceptors (Lipinski definition) is 1. The van der Waals surface area contributed by atoms with Gasteiger partial charge in [0.2, 0.25) is 0 Å². The Morgan fingerprint density at radius 2 is 2.07 bits per heavy atom. The standard InChI is InChI=1S/C12H17ClFN/c1-12(2,6-7-15-3)10-5-4-9(13)8-11(10)14/h4-5,8,15H,6-7H2,1-3H3. The molecule has 0 amide bonds. The van der Waals surface area contributed by atoms with E-state index >= 15 is 0 Å². The van der Waals surface area contributed by atoms with Crippen LogP contribution >= 0.6 is 11.6 Å². The van der Waals surface area contributed by atoms with Gasteiger partial charge in [0, 0.05) is 5.02 Å². The van der Waals surface area contributed by atoms with E-state index in [1.165, 1.54) is 6.07 Å². The minimum atomic E-state index is -0.219. The minimum Gasteiger partial charge on any atom is -0.320 e. The molecule has 1 rings (SSSR count). The lowest BCUT2D eigenvalue weighted by atomic mass is 9.81. The van der Waals surface area contributed by atoms with Gasteiger partial charge in [-0.15, -0.1) is 0 Å². The molecule has 84 valence electrons. The zero-order valence-corrected chi connectivity index (χ0v) is 10.2. The van der Waals surface area contributed by atoms with Crippen molar-refractivity contribution in [3.63, 3.8) is 0 Å². The monoisotopic (exact) mass is 229 g/mol. The Morgan fingerprint density at radius 3 is 2.60 bits per heavy atom. The lowest BCUT2D eigenvalue weighted by molar-refractivity contribution is 0.442. The van der Waals surface area contributed by atoms with E-state index in [9.17, 15) is 4.39 Å². The van der Waals surface area contributed by atoms with E-state index in [1.807, 2.05) is 20.9 Å². The zero-order chi connectivity index (χ0) is 11.5. The van der Waals surface area contributed by atoms with Crippen molar-refractivity contribution in [2.75, 3.05) is 13.6 Å². The number of benzene rings is 1. The number of halogens is 2. The molecule has 1 aromatic rings. The maximum atomic E-state index is 13.7. The molecule has 0 fully saturated rings. The summed E-state index contributed by atoms with van der Waals surface area (Å²) in [5.74, 6) is -0.219. The van der Waals surface area contributed by atoms with Crippen LogP contribution in [-0.4, -0.2) is 13.6 Å². The second kappa shape index (κ2) is 4.95. The summed E-state index contributed by atoms with van der Waals surface area (Å²) in [6.45, 7) is 4.95. The fourth-order valence-electron chi connectivity index (χ4n) is 1.61. The Morgan fingerprint density at radius 1 is 1.40 bits per heavy atom. The van der Waals surface area contributed by atoms with Gasteiger partial charge in [-0.05, 0) is 43.1 Å². The largest absolute Gasteiger partial charge is 0.320 e. The molecule has 1 N–H and O–H groups in total. The second-order valence-electron chi connectivity index (χ2n) is 4.36. The molecule has 1 nitrogen and oxygen atoms in total. The SMILES string of the molecule is CNCCC(C)(C)c1ccc(Cl)cc1F. The average Bonchev–Trinajstić information content (AvgIpc) is 2.14. The first kappa shape index (κ1) is 12.5. The molecule has 0 heterocycles. The summed E-state index contributed by atoms with van der Waals surface area (Å²) in [5, 5.41) is 3.52. The summed E-state index contributed by atoms with van der Waals surface area (Å²) in [6.07, 6.45) is 0.891. The van der Waals surface area contributed by atoms with Gasteiger partial charge in [0.15, 0.2) is 0 Å². The van der Waals surface area contributed by atoms with Gasteiger partial charge >= 0.3 is 0 Å². The summed E-state index contributed by atoms with van der Waals surface area (Å²) in [7, 11) is 1.90. The lowest BCUT2D eigenvalue weighted by Gasteiger charge is -2.25. The van der Waals surface area contributed by atoms with Crippen LogP contribution in [0.4, 0.5) is 4.39 Å². The first-order chi connectivity index (χ1) is 6.97. The normalized spacial score (nSPS) is 11.8. The first-order valence-corrected chi connectivity index (χ1v) is 5.45. The van der Waals surface area contributed by atoms with E-state index in [2.05, 4.69) is 5.32 Å². The second-order valence-corrected chi connectivity index (χ2v) is 4.80. The van der Waals surface area contributed by atoms with Crippen LogP contribution in [0.3, 0.4) is 0 Å².